The third-order valence-electron chi connectivity index (χ3n) is 3.88. The van der Waals surface area contributed by atoms with Crippen LogP contribution in [0.2, 0.25) is 0 Å². The van der Waals surface area contributed by atoms with Crippen LogP contribution in [-0.2, 0) is 6.54 Å². The second-order valence-corrected chi connectivity index (χ2v) is 5.20. The van der Waals surface area contributed by atoms with Crippen molar-refractivity contribution in [2.75, 3.05) is 0 Å². The number of fused-ring (bicyclic) bond motifs is 1. The van der Waals surface area contributed by atoms with Gasteiger partial charge in [0.1, 0.15) is 0 Å². The van der Waals surface area contributed by atoms with Gasteiger partial charge in [-0.15, -0.1) is 0 Å². The van der Waals surface area contributed by atoms with Gasteiger partial charge in [0.25, 0.3) is 0 Å². The van der Waals surface area contributed by atoms with Crippen molar-refractivity contribution in [2.45, 2.75) is 20.4 Å². The summed E-state index contributed by atoms with van der Waals surface area (Å²) in [5.74, 6) is 0. The molecule has 20 heavy (non-hydrogen) atoms. The van der Waals surface area contributed by atoms with E-state index < -0.39 is 0 Å². The van der Waals surface area contributed by atoms with Crippen molar-refractivity contribution in [3.05, 3.63) is 70.9 Å². The van der Waals surface area contributed by atoms with Crippen LogP contribution in [0.3, 0.4) is 0 Å². The van der Waals surface area contributed by atoms with E-state index in [1.165, 1.54) is 22.1 Å². The lowest BCUT2D eigenvalue weighted by molar-refractivity contribution is 0.823. The summed E-state index contributed by atoms with van der Waals surface area (Å²) >= 11 is 0. The van der Waals surface area contributed by atoms with Gasteiger partial charge in [0, 0.05) is 18.3 Å². The molecule has 3 rings (SSSR count). The molecule has 0 aliphatic heterocycles. The Morgan fingerprint density at radius 2 is 1.80 bits per heavy atom. The normalized spacial score (nSPS) is 10.7. The largest absolute Gasteiger partial charge is 0.343 e. The smallest absolute Gasteiger partial charge is 0.0992 e. The summed E-state index contributed by atoms with van der Waals surface area (Å²) in [6.45, 7) is 5.14. The quantitative estimate of drug-likeness (QED) is 0.679. The average molecular weight is 260 g/mol. The SMILES string of the molecule is Cc1cccc(C)c1Cn1ccc2ccc(C#N)cc21. The van der Waals surface area contributed by atoms with Gasteiger partial charge in [-0.3, -0.25) is 0 Å². The zero-order chi connectivity index (χ0) is 14.1. The highest BCUT2D eigenvalue weighted by Gasteiger charge is 2.06. The van der Waals surface area contributed by atoms with Gasteiger partial charge in [-0.05, 0) is 54.1 Å². The fraction of sp³-hybridized carbons (Fsp3) is 0.167. The first-order valence-corrected chi connectivity index (χ1v) is 6.73. The molecule has 0 bridgehead atoms. The summed E-state index contributed by atoms with van der Waals surface area (Å²) in [5, 5.41) is 10.2. The molecule has 2 nitrogen and oxygen atoms in total. The molecular weight excluding hydrogens is 244 g/mol. The van der Waals surface area contributed by atoms with Gasteiger partial charge < -0.3 is 4.57 Å². The molecule has 3 aromatic rings. The van der Waals surface area contributed by atoms with Crippen LogP contribution in [0.1, 0.15) is 22.3 Å². The zero-order valence-electron chi connectivity index (χ0n) is 11.7. The molecule has 98 valence electrons. The van der Waals surface area contributed by atoms with E-state index in [1.807, 2.05) is 18.2 Å². The van der Waals surface area contributed by atoms with E-state index in [2.05, 4.69) is 54.9 Å². The molecule has 0 aliphatic carbocycles. The molecule has 0 radical (unpaired) electrons. The first-order chi connectivity index (χ1) is 9.69. The Morgan fingerprint density at radius 1 is 1.05 bits per heavy atom. The molecule has 0 saturated heterocycles. The molecule has 0 saturated carbocycles. The predicted octanol–water partition coefficient (Wildman–Crippen LogP) is 4.18. The van der Waals surface area contributed by atoms with Crippen LogP contribution < -0.4 is 0 Å². The van der Waals surface area contributed by atoms with E-state index in [1.54, 1.807) is 0 Å². The van der Waals surface area contributed by atoms with Crippen molar-refractivity contribution in [1.29, 1.82) is 5.26 Å². The molecule has 2 aromatic carbocycles. The Bertz CT molecular complexity index is 799. The van der Waals surface area contributed by atoms with Crippen LogP contribution >= 0.6 is 0 Å². The summed E-state index contributed by atoms with van der Waals surface area (Å²) in [6, 6.07) is 16.5. The second-order valence-electron chi connectivity index (χ2n) is 5.20. The van der Waals surface area contributed by atoms with E-state index >= 15 is 0 Å². The van der Waals surface area contributed by atoms with E-state index in [4.69, 9.17) is 5.26 Å². The number of hydrogen-bond donors (Lipinski definition) is 0. The Morgan fingerprint density at radius 3 is 2.50 bits per heavy atom. The van der Waals surface area contributed by atoms with Crippen LogP contribution in [0.25, 0.3) is 10.9 Å². The Balaban J connectivity index is 2.09. The molecule has 0 spiro atoms. The first-order valence-electron chi connectivity index (χ1n) is 6.73. The van der Waals surface area contributed by atoms with Gasteiger partial charge in [0.2, 0.25) is 0 Å². The third kappa shape index (κ3) is 2.08. The molecule has 0 fully saturated rings. The number of nitriles is 1. The number of aryl methyl sites for hydroxylation is 2. The van der Waals surface area contributed by atoms with Crippen molar-refractivity contribution in [1.82, 2.24) is 4.57 Å². The van der Waals surface area contributed by atoms with Crippen molar-refractivity contribution >= 4 is 10.9 Å². The van der Waals surface area contributed by atoms with Crippen molar-refractivity contribution in [3.8, 4) is 6.07 Å². The fourth-order valence-electron chi connectivity index (χ4n) is 2.66. The van der Waals surface area contributed by atoms with Gasteiger partial charge in [-0.25, -0.2) is 0 Å². The minimum absolute atomic E-state index is 0.707. The Hall–Kier alpha value is -2.53. The van der Waals surface area contributed by atoms with Crippen LogP contribution in [0.15, 0.2) is 48.7 Å². The van der Waals surface area contributed by atoms with Crippen LogP contribution in [0.4, 0.5) is 0 Å². The minimum atomic E-state index is 0.707. The summed E-state index contributed by atoms with van der Waals surface area (Å²) in [6.07, 6.45) is 2.09. The third-order valence-corrected chi connectivity index (χ3v) is 3.88. The monoisotopic (exact) mass is 260 g/mol. The average Bonchev–Trinajstić information content (AvgIpc) is 2.85. The topological polar surface area (TPSA) is 28.7 Å². The van der Waals surface area contributed by atoms with Gasteiger partial charge in [-0.2, -0.15) is 5.26 Å². The Labute approximate surface area is 118 Å². The van der Waals surface area contributed by atoms with Crippen molar-refractivity contribution in [3.63, 3.8) is 0 Å². The predicted molar refractivity (Wildman–Crippen MR) is 81.7 cm³/mol. The van der Waals surface area contributed by atoms with E-state index in [0.717, 1.165) is 12.1 Å². The van der Waals surface area contributed by atoms with Gasteiger partial charge in [0.15, 0.2) is 0 Å². The molecule has 2 heteroatoms. The number of benzene rings is 2. The maximum atomic E-state index is 9.04. The number of rotatable bonds is 2. The van der Waals surface area contributed by atoms with Gasteiger partial charge in [0.05, 0.1) is 11.6 Å². The molecule has 0 N–H and O–H groups in total. The molecule has 0 aliphatic rings. The molecule has 1 heterocycles. The molecule has 0 atom stereocenters. The van der Waals surface area contributed by atoms with E-state index in [-0.39, 0.29) is 0 Å². The molecule has 0 unspecified atom stereocenters. The van der Waals surface area contributed by atoms with Crippen LogP contribution in [-0.4, -0.2) is 4.57 Å². The number of aromatic nitrogens is 1. The Kier molecular flexibility index (Phi) is 3.04. The summed E-state index contributed by atoms with van der Waals surface area (Å²) in [7, 11) is 0. The summed E-state index contributed by atoms with van der Waals surface area (Å²) < 4.78 is 2.21. The highest BCUT2D eigenvalue weighted by molar-refractivity contribution is 5.81. The lowest BCUT2D eigenvalue weighted by Gasteiger charge is -2.12. The van der Waals surface area contributed by atoms with Crippen molar-refractivity contribution in [2.24, 2.45) is 0 Å². The van der Waals surface area contributed by atoms with Crippen molar-refractivity contribution < 1.29 is 0 Å². The highest BCUT2D eigenvalue weighted by Crippen LogP contribution is 2.21. The molecule has 1 aromatic heterocycles. The fourth-order valence-corrected chi connectivity index (χ4v) is 2.66. The highest BCUT2D eigenvalue weighted by atomic mass is 14.9. The molecular formula is C18H16N2. The first kappa shape index (κ1) is 12.5. The van der Waals surface area contributed by atoms with Gasteiger partial charge in [-0.1, -0.05) is 24.3 Å². The van der Waals surface area contributed by atoms with E-state index in [9.17, 15) is 0 Å². The zero-order valence-corrected chi connectivity index (χ0v) is 11.7. The number of nitrogens with zero attached hydrogens (tertiary/aromatic N) is 2. The summed E-state index contributed by atoms with van der Waals surface area (Å²) in [4.78, 5) is 0. The lowest BCUT2D eigenvalue weighted by Crippen LogP contribution is -2.02. The van der Waals surface area contributed by atoms with Crippen LogP contribution in [0, 0.1) is 25.2 Å². The lowest BCUT2D eigenvalue weighted by atomic mass is 10.0. The maximum absolute atomic E-state index is 9.04. The number of hydrogen-bond acceptors (Lipinski definition) is 1. The standard InChI is InChI=1S/C18H16N2/c1-13-4-3-5-14(2)17(13)12-20-9-8-16-7-6-15(11-19)10-18(16)20/h3-10H,12H2,1-2H3. The van der Waals surface area contributed by atoms with Crippen LogP contribution in [0.5, 0.6) is 0 Å². The van der Waals surface area contributed by atoms with Gasteiger partial charge >= 0.3 is 0 Å². The molecule has 0 amide bonds. The summed E-state index contributed by atoms with van der Waals surface area (Å²) in [5.41, 5.74) is 5.80. The maximum Gasteiger partial charge on any atom is 0.0992 e. The van der Waals surface area contributed by atoms with E-state index in [0.29, 0.717) is 5.56 Å². The minimum Gasteiger partial charge on any atom is -0.343 e. The second kappa shape index (κ2) is 4.86.